The van der Waals surface area contributed by atoms with E-state index in [9.17, 15) is 23.1 Å². The molecule has 1 aromatic carbocycles. The fourth-order valence-electron chi connectivity index (χ4n) is 4.19. The number of benzene rings is 1. The Morgan fingerprint density at radius 1 is 1.20 bits per heavy atom. The van der Waals surface area contributed by atoms with Crippen molar-refractivity contribution in [2.45, 2.75) is 51.1 Å². The molecule has 156 valence electrons. The fraction of sp³-hybridized carbons (Fsp3) is 0.364. The van der Waals surface area contributed by atoms with Gasteiger partial charge in [0.05, 0.1) is 5.56 Å². The standard InChI is InChI=1S/C22H20F3N3O2/c1-2-6-13-9-10-15(17(29)11-13)16-12-26-20-18(14-7-4-3-5-8-14)19(22(23,24)25)27-28(20)21(16)30/h9-12,14,27,29H,3-5,7-8H2,1H3. The lowest BCUT2D eigenvalue weighted by Crippen LogP contribution is -2.18. The van der Waals surface area contributed by atoms with Crippen LogP contribution in [0.5, 0.6) is 5.75 Å². The summed E-state index contributed by atoms with van der Waals surface area (Å²) in [6, 6.07) is 4.54. The van der Waals surface area contributed by atoms with Gasteiger partial charge in [0.1, 0.15) is 11.4 Å². The molecule has 0 saturated heterocycles. The number of nitrogens with zero attached hydrogens (tertiary/aromatic N) is 2. The average Bonchev–Trinajstić information content (AvgIpc) is 3.11. The van der Waals surface area contributed by atoms with Gasteiger partial charge in [-0.2, -0.15) is 13.2 Å². The third kappa shape index (κ3) is 3.45. The van der Waals surface area contributed by atoms with Gasteiger partial charge in [-0.1, -0.05) is 25.2 Å². The summed E-state index contributed by atoms with van der Waals surface area (Å²) < 4.78 is 42.1. The summed E-state index contributed by atoms with van der Waals surface area (Å²) in [5, 5.41) is 12.6. The molecule has 0 spiro atoms. The molecule has 3 aromatic rings. The van der Waals surface area contributed by atoms with E-state index in [1.807, 2.05) is 0 Å². The molecule has 0 unspecified atom stereocenters. The Kier molecular flexibility index (Phi) is 5.06. The topological polar surface area (TPSA) is 70.4 Å². The van der Waals surface area contributed by atoms with E-state index in [4.69, 9.17) is 0 Å². The lowest BCUT2D eigenvalue weighted by atomic mass is 9.84. The number of aromatic amines is 1. The molecule has 30 heavy (non-hydrogen) atoms. The van der Waals surface area contributed by atoms with Crippen LogP contribution in [0.15, 0.2) is 29.2 Å². The normalized spacial score (nSPS) is 15.2. The Bertz CT molecular complexity index is 1220. The molecule has 0 radical (unpaired) electrons. The lowest BCUT2D eigenvalue weighted by molar-refractivity contribution is -0.142. The Morgan fingerprint density at radius 2 is 1.93 bits per heavy atom. The first-order valence-corrected chi connectivity index (χ1v) is 9.78. The highest BCUT2D eigenvalue weighted by Crippen LogP contribution is 2.41. The van der Waals surface area contributed by atoms with Crippen molar-refractivity contribution in [3.8, 4) is 28.7 Å². The van der Waals surface area contributed by atoms with Crippen molar-refractivity contribution in [1.82, 2.24) is 14.6 Å². The zero-order valence-electron chi connectivity index (χ0n) is 16.3. The van der Waals surface area contributed by atoms with Gasteiger partial charge in [0.25, 0.3) is 5.56 Å². The summed E-state index contributed by atoms with van der Waals surface area (Å²) in [5.74, 6) is 5.02. The predicted molar refractivity (Wildman–Crippen MR) is 106 cm³/mol. The molecular weight excluding hydrogens is 395 g/mol. The number of halogens is 3. The number of H-pyrrole nitrogens is 1. The Hall–Kier alpha value is -3.21. The summed E-state index contributed by atoms with van der Waals surface area (Å²) in [7, 11) is 0. The first kappa shape index (κ1) is 20.1. The highest BCUT2D eigenvalue weighted by Gasteiger charge is 2.40. The molecular formula is C22H20F3N3O2. The molecule has 5 nitrogen and oxygen atoms in total. The highest BCUT2D eigenvalue weighted by molar-refractivity contribution is 5.71. The quantitative estimate of drug-likeness (QED) is 0.589. The molecule has 2 heterocycles. The minimum Gasteiger partial charge on any atom is -0.507 e. The van der Waals surface area contributed by atoms with E-state index in [0.29, 0.717) is 18.4 Å². The zero-order chi connectivity index (χ0) is 21.5. The van der Waals surface area contributed by atoms with Crippen LogP contribution >= 0.6 is 0 Å². The van der Waals surface area contributed by atoms with Gasteiger partial charge in [0.15, 0.2) is 5.65 Å². The van der Waals surface area contributed by atoms with Gasteiger partial charge in [0, 0.05) is 22.9 Å². The second kappa shape index (κ2) is 7.56. The van der Waals surface area contributed by atoms with Crippen LogP contribution in [-0.4, -0.2) is 19.7 Å². The van der Waals surface area contributed by atoms with Crippen molar-refractivity contribution in [3.05, 3.63) is 51.6 Å². The van der Waals surface area contributed by atoms with Crippen LogP contribution < -0.4 is 5.56 Å². The van der Waals surface area contributed by atoms with Gasteiger partial charge in [0.2, 0.25) is 0 Å². The second-order valence-electron chi connectivity index (χ2n) is 7.48. The minimum atomic E-state index is -4.63. The second-order valence-corrected chi connectivity index (χ2v) is 7.48. The van der Waals surface area contributed by atoms with Crippen LogP contribution in [0, 0.1) is 11.8 Å². The van der Waals surface area contributed by atoms with Crippen molar-refractivity contribution in [2.75, 3.05) is 0 Å². The molecule has 8 heteroatoms. The van der Waals surface area contributed by atoms with Crippen LogP contribution in [0.4, 0.5) is 13.2 Å². The molecule has 0 bridgehead atoms. The van der Waals surface area contributed by atoms with E-state index in [1.54, 1.807) is 13.0 Å². The van der Waals surface area contributed by atoms with Gasteiger partial charge in [-0.15, -0.1) is 5.92 Å². The summed E-state index contributed by atoms with van der Waals surface area (Å²) in [4.78, 5) is 17.3. The maximum atomic E-state index is 13.8. The first-order valence-electron chi connectivity index (χ1n) is 9.78. The van der Waals surface area contributed by atoms with Crippen LogP contribution in [0.1, 0.15) is 61.8 Å². The molecule has 0 atom stereocenters. The van der Waals surface area contributed by atoms with Gasteiger partial charge in [-0.25, -0.2) is 9.50 Å². The minimum absolute atomic E-state index is 0.00376. The van der Waals surface area contributed by atoms with Gasteiger partial charge < -0.3 is 5.11 Å². The molecule has 0 aliphatic heterocycles. The van der Waals surface area contributed by atoms with Gasteiger partial charge in [-0.05, 0) is 43.9 Å². The third-order valence-corrected chi connectivity index (χ3v) is 5.55. The van der Waals surface area contributed by atoms with Crippen LogP contribution in [0.25, 0.3) is 16.8 Å². The molecule has 1 saturated carbocycles. The number of phenolic OH excluding ortho intramolecular Hbond substituents is 1. The zero-order valence-corrected chi connectivity index (χ0v) is 16.3. The Balaban J connectivity index is 1.91. The highest BCUT2D eigenvalue weighted by atomic mass is 19.4. The summed E-state index contributed by atoms with van der Waals surface area (Å²) >= 11 is 0. The maximum absolute atomic E-state index is 13.8. The van der Waals surface area contributed by atoms with Crippen molar-refractivity contribution < 1.29 is 18.3 Å². The van der Waals surface area contributed by atoms with Crippen molar-refractivity contribution in [1.29, 1.82) is 0 Å². The molecule has 2 N–H and O–H groups in total. The Labute approximate surface area is 170 Å². The lowest BCUT2D eigenvalue weighted by Gasteiger charge is -2.22. The largest absolute Gasteiger partial charge is 0.507 e. The number of rotatable bonds is 2. The number of alkyl halides is 3. The van der Waals surface area contributed by atoms with Gasteiger partial charge in [-0.3, -0.25) is 9.89 Å². The number of hydrogen-bond acceptors (Lipinski definition) is 3. The smallest absolute Gasteiger partial charge is 0.433 e. The van der Waals surface area contributed by atoms with E-state index >= 15 is 0 Å². The third-order valence-electron chi connectivity index (χ3n) is 5.55. The molecule has 1 fully saturated rings. The number of aromatic hydroxyl groups is 1. The average molecular weight is 415 g/mol. The predicted octanol–water partition coefficient (Wildman–Crippen LogP) is 4.83. The summed E-state index contributed by atoms with van der Waals surface area (Å²) in [6.07, 6.45) is 0.568. The molecule has 2 aromatic heterocycles. The first-order chi connectivity index (χ1) is 14.3. The molecule has 4 rings (SSSR count). The van der Waals surface area contributed by atoms with Crippen molar-refractivity contribution >= 4 is 5.65 Å². The van der Waals surface area contributed by atoms with E-state index in [2.05, 4.69) is 21.9 Å². The number of nitrogens with one attached hydrogen (secondary N) is 1. The fourth-order valence-corrected chi connectivity index (χ4v) is 4.19. The van der Waals surface area contributed by atoms with Crippen molar-refractivity contribution in [2.24, 2.45) is 0 Å². The maximum Gasteiger partial charge on any atom is 0.433 e. The van der Waals surface area contributed by atoms with E-state index < -0.39 is 17.4 Å². The van der Waals surface area contributed by atoms with Gasteiger partial charge >= 0.3 is 6.18 Å². The molecule has 1 aliphatic rings. The number of hydrogen-bond donors (Lipinski definition) is 2. The molecule has 1 aliphatic carbocycles. The van der Waals surface area contributed by atoms with Crippen LogP contribution in [0.3, 0.4) is 0 Å². The number of aromatic nitrogens is 3. The van der Waals surface area contributed by atoms with Crippen LogP contribution in [0.2, 0.25) is 0 Å². The summed E-state index contributed by atoms with van der Waals surface area (Å²) in [5.41, 5.74) is -0.811. The van der Waals surface area contributed by atoms with E-state index in [1.165, 1.54) is 18.3 Å². The van der Waals surface area contributed by atoms with Crippen molar-refractivity contribution in [3.63, 3.8) is 0 Å². The monoisotopic (exact) mass is 415 g/mol. The van der Waals surface area contributed by atoms with E-state index in [-0.39, 0.29) is 34.0 Å². The van der Waals surface area contributed by atoms with Crippen LogP contribution in [-0.2, 0) is 6.18 Å². The Morgan fingerprint density at radius 3 is 2.57 bits per heavy atom. The molecule has 0 amide bonds. The SMILES string of the molecule is CC#Cc1ccc(-c2cnc3c(C4CCCCC4)c(C(F)(F)F)[nH]n3c2=O)c(O)c1. The number of fused-ring (bicyclic) bond motifs is 1. The summed E-state index contributed by atoms with van der Waals surface area (Å²) in [6.45, 7) is 1.66. The number of phenols is 1. The van der Waals surface area contributed by atoms with E-state index in [0.717, 1.165) is 23.8 Å².